The fourth-order valence-electron chi connectivity index (χ4n) is 4.00. The van der Waals surface area contributed by atoms with Crippen molar-refractivity contribution in [2.24, 2.45) is 0 Å². The lowest BCUT2D eigenvalue weighted by atomic mass is 9.94. The summed E-state index contributed by atoms with van der Waals surface area (Å²) >= 11 is 0. The molecule has 0 saturated carbocycles. The summed E-state index contributed by atoms with van der Waals surface area (Å²) < 4.78 is 13.0. The van der Waals surface area contributed by atoms with Gasteiger partial charge in [-0.25, -0.2) is 4.68 Å². The number of aromatic nitrogens is 3. The molecule has 1 unspecified atom stereocenters. The van der Waals surface area contributed by atoms with Crippen LogP contribution in [-0.2, 0) is 11.4 Å². The molecule has 1 atom stereocenters. The molecular formula is C23H23N5O4. The van der Waals surface area contributed by atoms with Crippen LogP contribution in [-0.4, -0.2) is 39.0 Å². The number of carbonyl (C=O) groups excluding carboxylic acids is 1. The van der Waals surface area contributed by atoms with E-state index < -0.39 is 6.04 Å². The number of hydrogen-bond acceptors (Lipinski definition) is 7. The molecule has 2 aromatic carbocycles. The Bertz CT molecular complexity index is 1230. The van der Waals surface area contributed by atoms with Crippen LogP contribution < -0.4 is 20.1 Å². The number of benzene rings is 2. The highest BCUT2D eigenvalue weighted by Gasteiger charge is 2.35. The number of aliphatic hydroxyl groups is 1. The largest absolute Gasteiger partial charge is 0.486 e. The molecule has 164 valence electrons. The van der Waals surface area contributed by atoms with Gasteiger partial charge in [0.05, 0.1) is 5.57 Å². The highest BCUT2D eigenvalue weighted by Crippen LogP contribution is 2.40. The minimum absolute atomic E-state index is 0.254. The van der Waals surface area contributed by atoms with E-state index in [1.165, 1.54) is 0 Å². The van der Waals surface area contributed by atoms with Gasteiger partial charge in [-0.2, -0.15) is 10.1 Å². The molecule has 3 aromatic rings. The van der Waals surface area contributed by atoms with E-state index in [9.17, 15) is 9.90 Å². The number of allylic oxidation sites excluding steroid dienone is 1. The quantitative estimate of drug-likeness (QED) is 0.580. The summed E-state index contributed by atoms with van der Waals surface area (Å²) in [7, 11) is 0. The van der Waals surface area contributed by atoms with Crippen molar-refractivity contribution < 1.29 is 19.4 Å². The van der Waals surface area contributed by atoms with E-state index in [0.717, 1.165) is 16.8 Å². The first kappa shape index (κ1) is 20.1. The Balaban J connectivity index is 1.60. The zero-order valence-corrected chi connectivity index (χ0v) is 17.8. The summed E-state index contributed by atoms with van der Waals surface area (Å²) in [6.07, 6.45) is 0. The van der Waals surface area contributed by atoms with Crippen LogP contribution >= 0.6 is 0 Å². The number of ether oxygens (including phenoxy) is 2. The van der Waals surface area contributed by atoms with E-state index in [0.29, 0.717) is 41.9 Å². The molecule has 9 heteroatoms. The van der Waals surface area contributed by atoms with Gasteiger partial charge in [0.25, 0.3) is 5.91 Å². The number of anilines is 2. The van der Waals surface area contributed by atoms with Crippen LogP contribution in [0.5, 0.6) is 11.5 Å². The first-order valence-corrected chi connectivity index (χ1v) is 10.4. The van der Waals surface area contributed by atoms with Crippen LogP contribution in [0, 0.1) is 6.92 Å². The second kappa shape index (κ2) is 8.01. The molecule has 9 nitrogen and oxygen atoms in total. The summed E-state index contributed by atoms with van der Waals surface area (Å²) in [4.78, 5) is 17.9. The Morgan fingerprint density at radius 3 is 2.75 bits per heavy atom. The molecule has 0 saturated heterocycles. The van der Waals surface area contributed by atoms with Crippen molar-refractivity contribution in [3.05, 3.63) is 70.7 Å². The average Bonchev–Trinajstić information content (AvgIpc) is 3.22. The van der Waals surface area contributed by atoms with Crippen molar-refractivity contribution in [3.8, 4) is 11.5 Å². The van der Waals surface area contributed by atoms with Gasteiger partial charge in [0, 0.05) is 11.4 Å². The van der Waals surface area contributed by atoms with E-state index in [4.69, 9.17) is 9.47 Å². The van der Waals surface area contributed by atoms with Gasteiger partial charge in [-0.1, -0.05) is 24.3 Å². The van der Waals surface area contributed by atoms with Crippen molar-refractivity contribution in [3.63, 3.8) is 0 Å². The molecule has 5 rings (SSSR count). The predicted molar refractivity (Wildman–Crippen MR) is 118 cm³/mol. The molecule has 32 heavy (non-hydrogen) atoms. The third kappa shape index (κ3) is 3.46. The molecule has 3 heterocycles. The number of hydrogen-bond donors (Lipinski definition) is 3. The van der Waals surface area contributed by atoms with Gasteiger partial charge in [-0.3, -0.25) is 4.79 Å². The fraction of sp³-hybridized carbons (Fsp3) is 0.261. The lowest BCUT2D eigenvalue weighted by Crippen LogP contribution is -2.31. The smallest absolute Gasteiger partial charge is 0.255 e. The van der Waals surface area contributed by atoms with Crippen molar-refractivity contribution in [1.29, 1.82) is 0 Å². The molecule has 3 N–H and O–H groups in total. The minimum atomic E-state index is -0.570. The van der Waals surface area contributed by atoms with Crippen LogP contribution in [0.2, 0.25) is 0 Å². The number of rotatable bonds is 4. The van der Waals surface area contributed by atoms with E-state index in [1.54, 1.807) is 4.68 Å². The molecule has 0 radical (unpaired) electrons. The second-order valence-corrected chi connectivity index (χ2v) is 7.69. The maximum absolute atomic E-state index is 13.5. The summed E-state index contributed by atoms with van der Waals surface area (Å²) in [5, 5.41) is 20.2. The Morgan fingerprint density at radius 1 is 1.19 bits per heavy atom. The monoisotopic (exact) mass is 433 g/mol. The highest BCUT2D eigenvalue weighted by atomic mass is 16.6. The van der Waals surface area contributed by atoms with Crippen LogP contribution in [0.1, 0.15) is 29.9 Å². The molecule has 1 amide bonds. The Hall–Kier alpha value is -3.85. The number of nitrogens with zero attached hydrogens (tertiary/aromatic N) is 3. The average molecular weight is 433 g/mol. The topological polar surface area (TPSA) is 111 Å². The van der Waals surface area contributed by atoms with E-state index >= 15 is 0 Å². The maximum Gasteiger partial charge on any atom is 0.255 e. The Kier molecular flexibility index (Phi) is 5.02. The van der Waals surface area contributed by atoms with Crippen molar-refractivity contribution >= 4 is 17.5 Å². The maximum atomic E-state index is 13.5. The van der Waals surface area contributed by atoms with Gasteiger partial charge in [0.15, 0.2) is 17.3 Å². The molecule has 0 bridgehead atoms. The molecular weight excluding hydrogens is 410 g/mol. The zero-order chi connectivity index (χ0) is 22.2. The van der Waals surface area contributed by atoms with Gasteiger partial charge < -0.3 is 25.2 Å². The van der Waals surface area contributed by atoms with Crippen LogP contribution in [0.3, 0.4) is 0 Å². The number of aryl methyl sites for hydroxylation is 1. The van der Waals surface area contributed by atoms with Gasteiger partial charge >= 0.3 is 0 Å². The summed E-state index contributed by atoms with van der Waals surface area (Å²) in [6.45, 7) is 4.42. The third-order valence-corrected chi connectivity index (χ3v) is 5.56. The highest BCUT2D eigenvalue weighted by molar-refractivity contribution is 6.06. The van der Waals surface area contributed by atoms with Crippen molar-refractivity contribution in [2.45, 2.75) is 26.5 Å². The number of para-hydroxylation sites is 1. The second-order valence-electron chi connectivity index (χ2n) is 7.69. The SMILES string of the molecule is CC1=C(C(=O)Nc2ccccc2C)C(c2ccc3c(c2)OCCO3)n2nc(CO)nc2N1. The predicted octanol–water partition coefficient (Wildman–Crippen LogP) is 2.78. The lowest BCUT2D eigenvalue weighted by molar-refractivity contribution is -0.113. The number of aliphatic hydroxyl groups excluding tert-OH is 1. The molecule has 2 aliphatic heterocycles. The van der Waals surface area contributed by atoms with Gasteiger partial charge in [-0.05, 0) is 43.2 Å². The van der Waals surface area contributed by atoms with Crippen LogP contribution in [0.15, 0.2) is 53.7 Å². The van der Waals surface area contributed by atoms with E-state index in [2.05, 4.69) is 20.7 Å². The molecule has 2 aliphatic rings. The summed E-state index contributed by atoms with van der Waals surface area (Å²) in [5.74, 6) is 1.75. The van der Waals surface area contributed by atoms with E-state index in [-0.39, 0.29) is 18.3 Å². The van der Waals surface area contributed by atoms with Gasteiger partial charge in [-0.15, -0.1) is 0 Å². The normalized spacial score (nSPS) is 16.9. The van der Waals surface area contributed by atoms with Crippen LogP contribution in [0.4, 0.5) is 11.6 Å². The Labute approximate surface area is 184 Å². The van der Waals surface area contributed by atoms with Crippen LogP contribution in [0.25, 0.3) is 0 Å². The number of nitrogens with one attached hydrogen (secondary N) is 2. The van der Waals surface area contributed by atoms with Crippen molar-refractivity contribution in [2.75, 3.05) is 23.8 Å². The van der Waals surface area contributed by atoms with Crippen molar-refractivity contribution in [1.82, 2.24) is 14.8 Å². The first-order valence-electron chi connectivity index (χ1n) is 10.4. The molecule has 0 aliphatic carbocycles. The molecule has 1 aromatic heterocycles. The Morgan fingerprint density at radius 2 is 1.97 bits per heavy atom. The standard InChI is InChI=1S/C23H23N5O4/c1-13-5-3-4-6-16(13)25-22(30)20-14(2)24-23-26-19(12-29)27-28(23)21(20)15-7-8-17-18(11-15)32-10-9-31-17/h3-8,11,21,29H,9-10,12H2,1-2H3,(H,25,30)(H,24,26,27). The molecule has 0 spiro atoms. The fourth-order valence-corrected chi connectivity index (χ4v) is 4.00. The summed E-state index contributed by atoms with van der Waals surface area (Å²) in [5.41, 5.74) is 3.63. The summed E-state index contributed by atoms with van der Waals surface area (Å²) in [6, 6.07) is 12.6. The lowest BCUT2D eigenvalue weighted by Gasteiger charge is -2.29. The van der Waals surface area contributed by atoms with E-state index in [1.807, 2.05) is 56.3 Å². The number of fused-ring (bicyclic) bond motifs is 2. The third-order valence-electron chi connectivity index (χ3n) is 5.56. The molecule has 0 fully saturated rings. The first-order chi connectivity index (χ1) is 15.5. The number of carbonyl (C=O) groups is 1. The minimum Gasteiger partial charge on any atom is -0.486 e. The number of amides is 1. The zero-order valence-electron chi connectivity index (χ0n) is 17.8. The van der Waals surface area contributed by atoms with Gasteiger partial charge in [0.1, 0.15) is 25.9 Å². The van der Waals surface area contributed by atoms with Gasteiger partial charge in [0.2, 0.25) is 5.95 Å².